The van der Waals surface area contributed by atoms with Gasteiger partial charge in [-0.3, -0.25) is 4.79 Å². The van der Waals surface area contributed by atoms with E-state index in [1.165, 1.54) is 0 Å². The van der Waals surface area contributed by atoms with Crippen LogP contribution in [0.5, 0.6) is 0 Å². The molecule has 1 aliphatic heterocycles. The van der Waals surface area contributed by atoms with Gasteiger partial charge in [-0.15, -0.1) is 6.58 Å². The monoisotopic (exact) mass is 154 g/mol. The topological polar surface area (TPSA) is 46.3 Å². The van der Waals surface area contributed by atoms with Crippen molar-refractivity contribution < 1.29 is 4.79 Å². The molecule has 1 heterocycles. The van der Waals surface area contributed by atoms with E-state index in [1.54, 1.807) is 11.0 Å². The van der Waals surface area contributed by atoms with Crippen LogP contribution >= 0.6 is 0 Å². The minimum Gasteiger partial charge on any atom is -0.341 e. The molecule has 2 N–H and O–H groups in total. The maximum atomic E-state index is 11.2. The molecule has 1 rings (SSSR count). The lowest BCUT2D eigenvalue weighted by atomic mass is 10.3. The van der Waals surface area contributed by atoms with Crippen LogP contribution in [0.1, 0.15) is 12.8 Å². The Hall–Kier alpha value is -0.830. The summed E-state index contributed by atoms with van der Waals surface area (Å²) < 4.78 is 0. The van der Waals surface area contributed by atoms with Gasteiger partial charge in [-0.25, -0.2) is 0 Å². The second kappa shape index (κ2) is 3.53. The summed E-state index contributed by atoms with van der Waals surface area (Å²) >= 11 is 0. The van der Waals surface area contributed by atoms with Gasteiger partial charge in [0, 0.05) is 25.6 Å². The Morgan fingerprint density at radius 1 is 1.82 bits per heavy atom. The third-order valence-electron chi connectivity index (χ3n) is 1.90. The highest BCUT2D eigenvalue weighted by atomic mass is 16.2. The second-order valence-corrected chi connectivity index (χ2v) is 2.88. The molecule has 0 saturated carbocycles. The molecular formula is C8H14N2O. The fraction of sp³-hybridized carbons (Fsp3) is 0.625. The third-order valence-corrected chi connectivity index (χ3v) is 1.90. The number of nitrogens with two attached hydrogens (primary N) is 1. The molecule has 0 aromatic rings. The van der Waals surface area contributed by atoms with E-state index in [4.69, 9.17) is 5.73 Å². The molecule has 1 atom stereocenters. The van der Waals surface area contributed by atoms with Gasteiger partial charge in [-0.2, -0.15) is 0 Å². The molecule has 3 heteroatoms. The first-order valence-corrected chi connectivity index (χ1v) is 3.88. The van der Waals surface area contributed by atoms with Gasteiger partial charge in [0.05, 0.1) is 0 Å². The Morgan fingerprint density at radius 3 is 3.00 bits per heavy atom. The molecule has 62 valence electrons. The van der Waals surface area contributed by atoms with Gasteiger partial charge in [-0.05, 0) is 6.42 Å². The summed E-state index contributed by atoms with van der Waals surface area (Å²) in [6.45, 7) is 5.04. The standard InChI is InChI=1S/C8H14N2O/c1-2-3-8(11)10-5-4-7(9)6-10/h2,7H,1,3-6,9H2/t7-/m0/s1. The number of carbonyl (C=O) groups excluding carboxylic acids is 1. The average Bonchev–Trinajstić information content (AvgIpc) is 2.36. The molecule has 1 amide bonds. The van der Waals surface area contributed by atoms with Gasteiger partial charge in [0.2, 0.25) is 5.91 Å². The Labute approximate surface area is 66.9 Å². The summed E-state index contributed by atoms with van der Waals surface area (Å²) in [5, 5.41) is 0. The predicted octanol–water partition coefficient (Wildman–Crippen LogP) is 0.122. The van der Waals surface area contributed by atoms with Crippen molar-refractivity contribution in [1.29, 1.82) is 0 Å². The van der Waals surface area contributed by atoms with Gasteiger partial charge < -0.3 is 10.6 Å². The fourth-order valence-electron chi connectivity index (χ4n) is 1.27. The normalized spacial score (nSPS) is 23.7. The molecule has 0 aliphatic carbocycles. The zero-order valence-electron chi connectivity index (χ0n) is 6.62. The summed E-state index contributed by atoms with van der Waals surface area (Å²) in [4.78, 5) is 13.0. The number of nitrogens with zero attached hydrogens (tertiary/aromatic N) is 1. The number of hydrogen-bond donors (Lipinski definition) is 1. The van der Waals surface area contributed by atoms with E-state index < -0.39 is 0 Å². The van der Waals surface area contributed by atoms with Crippen molar-refractivity contribution in [2.45, 2.75) is 18.9 Å². The van der Waals surface area contributed by atoms with E-state index in [0.29, 0.717) is 13.0 Å². The van der Waals surface area contributed by atoms with Gasteiger partial charge in [0.25, 0.3) is 0 Å². The summed E-state index contributed by atoms with van der Waals surface area (Å²) in [6.07, 6.45) is 3.00. The Balaban J connectivity index is 2.36. The molecule has 3 nitrogen and oxygen atoms in total. The summed E-state index contributed by atoms with van der Waals surface area (Å²) in [5.74, 6) is 0.146. The molecule has 1 aliphatic rings. The van der Waals surface area contributed by atoms with Gasteiger partial charge in [0.15, 0.2) is 0 Å². The largest absolute Gasteiger partial charge is 0.341 e. The third kappa shape index (κ3) is 2.05. The van der Waals surface area contributed by atoms with Gasteiger partial charge >= 0.3 is 0 Å². The van der Waals surface area contributed by atoms with Crippen LogP contribution in [0.2, 0.25) is 0 Å². The predicted molar refractivity (Wildman–Crippen MR) is 44.0 cm³/mol. The van der Waals surface area contributed by atoms with Gasteiger partial charge in [-0.1, -0.05) is 6.08 Å². The lowest BCUT2D eigenvalue weighted by molar-refractivity contribution is -0.129. The highest BCUT2D eigenvalue weighted by molar-refractivity contribution is 5.77. The number of likely N-dealkylation sites (tertiary alicyclic amines) is 1. The molecule has 0 aromatic heterocycles. The van der Waals surface area contributed by atoms with Crippen LogP contribution in [-0.4, -0.2) is 29.9 Å². The molecule has 0 bridgehead atoms. The number of carbonyl (C=O) groups is 1. The molecule has 1 saturated heterocycles. The Morgan fingerprint density at radius 2 is 2.55 bits per heavy atom. The average molecular weight is 154 g/mol. The highest BCUT2D eigenvalue weighted by Gasteiger charge is 2.21. The van der Waals surface area contributed by atoms with Crippen molar-refractivity contribution in [3.8, 4) is 0 Å². The summed E-state index contributed by atoms with van der Waals surface area (Å²) in [5.41, 5.74) is 5.64. The SMILES string of the molecule is C=CCC(=O)N1CC[C@H](N)C1. The number of rotatable bonds is 2. The highest BCUT2D eigenvalue weighted by Crippen LogP contribution is 2.08. The van der Waals surface area contributed by atoms with Crippen molar-refractivity contribution in [3.63, 3.8) is 0 Å². The molecule has 1 fully saturated rings. The minimum atomic E-state index is 0.146. The van der Waals surface area contributed by atoms with Crippen LogP contribution < -0.4 is 5.73 Å². The number of amides is 1. The lowest BCUT2D eigenvalue weighted by Crippen LogP contribution is -2.31. The van der Waals surface area contributed by atoms with Crippen molar-refractivity contribution in [3.05, 3.63) is 12.7 Å². The summed E-state index contributed by atoms with van der Waals surface area (Å²) in [7, 11) is 0. The first kappa shape index (κ1) is 8.27. The van der Waals surface area contributed by atoms with Crippen LogP contribution in [0.15, 0.2) is 12.7 Å². The van der Waals surface area contributed by atoms with Crippen molar-refractivity contribution >= 4 is 5.91 Å². The molecule has 11 heavy (non-hydrogen) atoms. The first-order chi connectivity index (χ1) is 5.24. The van der Waals surface area contributed by atoms with E-state index >= 15 is 0 Å². The van der Waals surface area contributed by atoms with E-state index in [0.717, 1.165) is 13.0 Å². The maximum absolute atomic E-state index is 11.2. The van der Waals surface area contributed by atoms with Crippen LogP contribution in [0.3, 0.4) is 0 Å². The lowest BCUT2D eigenvalue weighted by Gasteiger charge is -2.13. The van der Waals surface area contributed by atoms with E-state index in [-0.39, 0.29) is 11.9 Å². The van der Waals surface area contributed by atoms with Crippen LogP contribution in [0.4, 0.5) is 0 Å². The Bertz CT molecular complexity index is 167. The van der Waals surface area contributed by atoms with Crippen molar-refractivity contribution in [2.24, 2.45) is 5.73 Å². The summed E-state index contributed by atoms with van der Waals surface area (Å²) in [6, 6.07) is 0.184. The van der Waals surface area contributed by atoms with E-state index in [1.807, 2.05) is 0 Å². The van der Waals surface area contributed by atoms with E-state index in [2.05, 4.69) is 6.58 Å². The smallest absolute Gasteiger partial charge is 0.226 e. The Kier molecular flexibility index (Phi) is 2.65. The second-order valence-electron chi connectivity index (χ2n) is 2.88. The van der Waals surface area contributed by atoms with Crippen LogP contribution in [0.25, 0.3) is 0 Å². The zero-order chi connectivity index (χ0) is 8.27. The first-order valence-electron chi connectivity index (χ1n) is 3.88. The molecule has 0 spiro atoms. The van der Waals surface area contributed by atoms with Crippen LogP contribution in [-0.2, 0) is 4.79 Å². The quantitative estimate of drug-likeness (QED) is 0.574. The fourth-order valence-corrected chi connectivity index (χ4v) is 1.27. The molecule has 0 unspecified atom stereocenters. The zero-order valence-corrected chi connectivity index (χ0v) is 6.62. The molecule has 0 radical (unpaired) electrons. The minimum absolute atomic E-state index is 0.146. The van der Waals surface area contributed by atoms with Gasteiger partial charge in [0.1, 0.15) is 0 Å². The molecular weight excluding hydrogens is 140 g/mol. The van der Waals surface area contributed by atoms with E-state index in [9.17, 15) is 4.79 Å². The van der Waals surface area contributed by atoms with Crippen LogP contribution in [0, 0.1) is 0 Å². The number of hydrogen-bond acceptors (Lipinski definition) is 2. The van der Waals surface area contributed by atoms with Crippen molar-refractivity contribution in [1.82, 2.24) is 4.90 Å². The molecule has 0 aromatic carbocycles. The maximum Gasteiger partial charge on any atom is 0.226 e. The van der Waals surface area contributed by atoms with Crippen molar-refractivity contribution in [2.75, 3.05) is 13.1 Å².